The van der Waals surface area contributed by atoms with Gasteiger partial charge in [-0.05, 0) is 38.0 Å². The van der Waals surface area contributed by atoms with Crippen LogP contribution in [0.5, 0.6) is 0 Å². The molecular formula is C15H17ClN4O2. The van der Waals surface area contributed by atoms with Crippen molar-refractivity contribution in [3.8, 4) is 5.69 Å². The Morgan fingerprint density at radius 1 is 1.41 bits per heavy atom. The summed E-state index contributed by atoms with van der Waals surface area (Å²) in [6, 6.07) is 6.07. The van der Waals surface area contributed by atoms with Gasteiger partial charge in [0.05, 0.1) is 30.3 Å². The number of ether oxygens (including phenoxy) is 1. The van der Waals surface area contributed by atoms with E-state index in [1.54, 1.807) is 4.68 Å². The SMILES string of the molecule is COC(=O)N/N=C\c1c(C)nn(-c2cc(C)ccc2C)c1Cl. The number of methoxy groups -OCH3 is 1. The number of benzene rings is 1. The molecule has 116 valence electrons. The zero-order valence-corrected chi connectivity index (χ0v) is 13.6. The lowest BCUT2D eigenvalue weighted by Crippen LogP contribution is -2.16. The van der Waals surface area contributed by atoms with Crippen LogP contribution in [0, 0.1) is 20.8 Å². The van der Waals surface area contributed by atoms with Gasteiger partial charge in [-0.2, -0.15) is 10.2 Å². The predicted octanol–water partition coefficient (Wildman–Crippen LogP) is 3.14. The standard InChI is InChI=1S/C15H17ClN4O2/c1-9-5-6-10(2)13(7-9)20-14(16)12(11(3)19-20)8-17-18-15(21)22-4/h5-8H,1-4H3,(H,18,21)/b17-8-. The highest BCUT2D eigenvalue weighted by molar-refractivity contribution is 6.32. The Morgan fingerprint density at radius 3 is 2.82 bits per heavy atom. The first-order valence-electron chi connectivity index (χ1n) is 6.63. The van der Waals surface area contributed by atoms with Crippen molar-refractivity contribution in [3.05, 3.63) is 45.7 Å². The van der Waals surface area contributed by atoms with E-state index in [0.717, 1.165) is 16.8 Å². The van der Waals surface area contributed by atoms with Crippen molar-refractivity contribution in [1.82, 2.24) is 15.2 Å². The molecule has 0 aliphatic rings. The minimum Gasteiger partial charge on any atom is -0.452 e. The fraction of sp³-hybridized carbons (Fsp3) is 0.267. The minimum absolute atomic E-state index is 0.432. The maximum Gasteiger partial charge on any atom is 0.427 e. The molecule has 0 saturated carbocycles. The van der Waals surface area contributed by atoms with E-state index in [4.69, 9.17) is 11.6 Å². The lowest BCUT2D eigenvalue weighted by molar-refractivity contribution is 0.171. The van der Waals surface area contributed by atoms with Crippen LogP contribution in [0.4, 0.5) is 4.79 Å². The number of halogens is 1. The van der Waals surface area contributed by atoms with E-state index in [2.05, 4.69) is 20.4 Å². The lowest BCUT2D eigenvalue weighted by atomic mass is 10.1. The summed E-state index contributed by atoms with van der Waals surface area (Å²) in [4.78, 5) is 11.0. The van der Waals surface area contributed by atoms with Crippen LogP contribution in [0.15, 0.2) is 23.3 Å². The third-order valence-electron chi connectivity index (χ3n) is 3.18. The number of nitrogens with one attached hydrogen (secondary N) is 1. The molecule has 0 radical (unpaired) electrons. The van der Waals surface area contributed by atoms with Gasteiger partial charge in [0.1, 0.15) is 5.15 Å². The van der Waals surface area contributed by atoms with Crippen LogP contribution < -0.4 is 5.43 Å². The van der Waals surface area contributed by atoms with E-state index >= 15 is 0 Å². The van der Waals surface area contributed by atoms with Crippen LogP contribution in [0.3, 0.4) is 0 Å². The molecule has 0 aliphatic carbocycles. The summed E-state index contributed by atoms with van der Waals surface area (Å²) in [6.45, 7) is 5.83. The first-order valence-corrected chi connectivity index (χ1v) is 7.01. The molecule has 0 unspecified atom stereocenters. The molecule has 6 nitrogen and oxygen atoms in total. The molecule has 0 saturated heterocycles. The van der Waals surface area contributed by atoms with Crippen LogP contribution >= 0.6 is 11.6 Å². The second-order valence-corrected chi connectivity index (χ2v) is 5.21. The fourth-order valence-corrected chi connectivity index (χ4v) is 2.27. The van der Waals surface area contributed by atoms with Gasteiger partial charge in [0, 0.05) is 0 Å². The number of hydrogen-bond donors (Lipinski definition) is 1. The maximum absolute atomic E-state index is 11.0. The van der Waals surface area contributed by atoms with Crippen LogP contribution in [0.2, 0.25) is 5.15 Å². The smallest absolute Gasteiger partial charge is 0.427 e. The van der Waals surface area contributed by atoms with Crippen molar-refractivity contribution >= 4 is 23.9 Å². The van der Waals surface area contributed by atoms with E-state index in [1.807, 2.05) is 39.0 Å². The summed E-state index contributed by atoms with van der Waals surface area (Å²) in [5, 5.41) is 8.68. The number of carbonyl (C=O) groups excluding carboxylic acids is 1. The summed E-state index contributed by atoms with van der Waals surface area (Å²) in [5.74, 6) is 0. The van der Waals surface area contributed by atoms with Crippen molar-refractivity contribution in [2.45, 2.75) is 20.8 Å². The number of rotatable bonds is 3. The minimum atomic E-state index is -0.646. The highest BCUT2D eigenvalue weighted by atomic mass is 35.5. The molecule has 0 atom stereocenters. The van der Waals surface area contributed by atoms with Crippen molar-refractivity contribution in [3.63, 3.8) is 0 Å². The van der Waals surface area contributed by atoms with E-state index < -0.39 is 6.09 Å². The van der Waals surface area contributed by atoms with Gasteiger partial charge in [0.25, 0.3) is 0 Å². The topological polar surface area (TPSA) is 68.5 Å². The van der Waals surface area contributed by atoms with Crippen LogP contribution in [-0.4, -0.2) is 29.2 Å². The quantitative estimate of drug-likeness (QED) is 0.697. The average molecular weight is 321 g/mol. The van der Waals surface area contributed by atoms with Crippen LogP contribution in [0.25, 0.3) is 5.69 Å². The fourth-order valence-electron chi connectivity index (χ4n) is 1.96. The van der Waals surface area contributed by atoms with Gasteiger partial charge in [-0.1, -0.05) is 23.7 Å². The molecule has 0 bridgehead atoms. The zero-order valence-electron chi connectivity index (χ0n) is 12.8. The Labute approximate surface area is 133 Å². The van der Waals surface area contributed by atoms with E-state index in [9.17, 15) is 4.79 Å². The largest absolute Gasteiger partial charge is 0.452 e. The highest BCUT2D eigenvalue weighted by Crippen LogP contribution is 2.24. The first kappa shape index (κ1) is 16.0. The second kappa shape index (κ2) is 6.62. The third kappa shape index (κ3) is 3.28. The van der Waals surface area contributed by atoms with E-state index in [-0.39, 0.29) is 0 Å². The second-order valence-electron chi connectivity index (χ2n) is 4.85. The van der Waals surface area contributed by atoms with Gasteiger partial charge in [0.2, 0.25) is 0 Å². The number of hydrazone groups is 1. The van der Waals surface area contributed by atoms with Gasteiger partial charge in [-0.3, -0.25) is 0 Å². The van der Waals surface area contributed by atoms with Gasteiger partial charge in [-0.15, -0.1) is 0 Å². The summed E-state index contributed by atoms with van der Waals surface area (Å²) in [7, 11) is 1.27. The van der Waals surface area contributed by atoms with Crippen molar-refractivity contribution in [1.29, 1.82) is 0 Å². The molecule has 22 heavy (non-hydrogen) atoms. The number of carbonyl (C=O) groups is 1. The number of amides is 1. The van der Waals surface area contributed by atoms with Gasteiger partial charge < -0.3 is 4.74 Å². The number of nitrogens with zero attached hydrogens (tertiary/aromatic N) is 3. The zero-order chi connectivity index (χ0) is 16.3. The molecule has 1 aromatic heterocycles. The molecule has 7 heteroatoms. The monoisotopic (exact) mass is 320 g/mol. The summed E-state index contributed by atoms with van der Waals surface area (Å²) < 4.78 is 6.10. The molecule has 1 heterocycles. The normalized spacial score (nSPS) is 11.0. The lowest BCUT2D eigenvalue weighted by Gasteiger charge is -2.08. The summed E-state index contributed by atoms with van der Waals surface area (Å²) in [5.41, 5.74) is 6.65. The third-order valence-corrected chi connectivity index (χ3v) is 3.54. The summed E-state index contributed by atoms with van der Waals surface area (Å²) >= 11 is 6.40. The summed E-state index contributed by atoms with van der Waals surface area (Å²) in [6.07, 6.45) is 0.801. The number of aryl methyl sites for hydroxylation is 3. The molecule has 0 spiro atoms. The van der Waals surface area contributed by atoms with E-state index in [0.29, 0.717) is 16.4 Å². The number of aromatic nitrogens is 2. The van der Waals surface area contributed by atoms with Crippen LogP contribution in [0.1, 0.15) is 22.4 Å². The Bertz CT molecular complexity index is 737. The highest BCUT2D eigenvalue weighted by Gasteiger charge is 2.14. The first-order chi connectivity index (χ1) is 10.4. The molecule has 1 amide bonds. The van der Waals surface area contributed by atoms with E-state index in [1.165, 1.54) is 13.3 Å². The van der Waals surface area contributed by atoms with Crippen molar-refractivity contribution < 1.29 is 9.53 Å². The maximum atomic E-state index is 11.0. The van der Waals surface area contributed by atoms with Crippen molar-refractivity contribution in [2.24, 2.45) is 5.10 Å². The molecule has 2 aromatic rings. The average Bonchev–Trinajstić information content (AvgIpc) is 2.77. The van der Waals surface area contributed by atoms with Gasteiger partial charge in [0.15, 0.2) is 0 Å². The Kier molecular flexibility index (Phi) is 4.82. The molecule has 1 N–H and O–H groups in total. The molecule has 0 fully saturated rings. The Hall–Kier alpha value is -2.34. The van der Waals surface area contributed by atoms with Gasteiger partial charge >= 0.3 is 6.09 Å². The molecule has 0 aliphatic heterocycles. The number of hydrogen-bond acceptors (Lipinski definition) is 4. The van der Waals surface area contributed by atoms with Gasteiger partial charge in [-0.25, -0.2) is 14.9 Å². The molecule has 1 aromatic carbocycles. The Balaban J connectivity index is 2.39. The van der Waals surface area contributed by atoms with Crippen molar-refractivity contribution in [2.75, 3.05) is 7.11 Å². The predicted molar refractivity (Wildman–Crippen MR) is 85.9 cm³/mol. The molecule has 2 rings (SSSR count). The van der Waals surface area contributed by atoms with Crippen LogP contribution in [-0.2, 0) is 4.74 Å². The molecular weight excluding hydrogens is 304 g/mol. The Morgan fingerprint density at radius 2 is 2.14 bits per heavy atom.